The van der Waals surface area contributed by atoms with Crippen LogP contribution in [-0.4, -0.2) is 28.7 Å². The number of nitrogens with zero attached hydrogens (tertiary/aromatic N) is 3. The first kappa shape index (κ1) is 12.9. The molecule has 0 saturated carbocycles. The molecule has 1 heterocycles. The van der Waals surface area contributed by atoms with Crippen LogP contribution in [0, 0.1) is 13.8 Å². The highest BCUT2D eigenvalue weighted by Gasteiger charge is 2.16. The van der Waals surface area contributed by atoms with E-state index in [4.69, 9.17) is 16.3 Å². The fourth-order valence-corrected chi connectivity index (χ4v) is 1.32. The van der Waals surface area contributed by atoms with Crippen molar-refractivity contribution in [2.45, 2.75) is 20.8 Å². The Morgan fingerprint density at radius 3 is 2.44 bits per heavy atom. The van der Waals surface area contributed by atoms with E-state index in [2.05, 4.69) is 9.97 Å². The van der Waals surface area contributed by atoms with Gasteiger partial charge in [0.05, 0.1) is 0 Å². The van der Waals surface area contributed by atoms with Crippen LogP contribution in [0.4, 0.5) is 10.7 Å². The molecule has 0 fully saturated rings. The second-order valence-corrected chi connectivity index (χ2v) is 3.58. The largest absolute Gasteiger partial charge is 0.361 e. The Morgan fingerprint density at radius 1 is 1.44 bits per heavy atom. The zero-order valence-electron chi connectivity index (χ0n) is 9.53. The van der Waals surface area contributed by atoms with Gasteiger partial charge in [-0.2, -0.15) is 0 Å². The average molecular weight is 244 g/mol. The molecule has 1 amide bonds. The van der Waals surface area contributed by atoms with Crippen LogP contribution >= 0.6 is 11.6 Å². The number of anilines is 1. The number of aromatic nitrogens is 2. The molecule has 0 aliphatic heterocycles. The Bertz CT molecular complexity index is 364. The topological polar surface area (TPSA) is 55.3 Å². The van der Waals surface area contributed by atoms with E-state index in [0.29, 0.717) is 6.61 Å². The van der Waals surface area contributed by atoms with Crippen LogP contribution in [0.2, 0.25) is 0 Å². The minimum Gasteiger partial charge on any atom is -0.361 e. The SMILES string of the molecule is CCOCN(C(=O)Cl)c1nc(C)cc(C)n1. The fraction of sp³-hybridized carbons (Fsp3) is 0.500. The van der Waals surface area contributed by atoms with Crippen LogP contribution in [0.5, 0.6) is 0 Å². The molecule has 0 saturated heterocycles. The summed E-state index contributed by atoms with van der Waals surface area (Å²) in [4.78, 5) is 20.7. The van der Waals surface area contributed by atoms with Crippen molar-refractivity contribution in [3.63, 3.8) is 0 Å². The lowest BCUT2D eigenvalue weighted by atomic mass is 10.3. The van der Waals surface area contributed by atoms with Crippen molar-refractivity contribution in [1.82, 2.24) is 9.97 Å². The molecule has 1 aromatic heterocycles. The standard InChI is InChI=1S/C10H14ClN3O2/c1-4-16-6-14(9(11)15)10-12-7(2)5-8(3)13-10/h5H,4,6H2,1-3H3. The molecule has 0 bridgehead atoms. The third-order valence-corrected chi connectivity index (χ3v) is 2.05. The van der Waals surface area contributed by atoms with E-state index in [0.717, 1.165) is 11.4 Å². The monoisotopic (exact) mass is 243 g/mol. The first-order chi connectivity index (χ1) is 7.54. The summed E-state index contributed by atoms with van der Waals surface area (Å²) in [5.74, 6) is 0.269. The number of carbonyl (C=O) groups is 1. The van der Waals surface area contributed by atoms with Crippen LogP contribution in [-0.2, 0) is 4.74 Å². The van der Waals surface area contributed by atoms with E-state index in [1.165, 1.54) is 4.90 Å². The Kier molecular flexibility index (Phi) is 4.64. The minimum atomic E-state index is -0.654. The molecular formula is C10H14ClN3O2. The van der Waals surface area contributed by atoms with Crippen LogP contribution in [0.3, 0.4) is 0 Å². The highest BCUT2D eigenvalue weighted by Crippen LogP contribution is 2.12. The van der Waals surface area contributed by atoms with Crippen molar-refractivity contribution in [2.24, 2.45) is 0 Å². The summed E-state index contributed by atoms with van der Waals surface area (Å²) in [6, 6.07) is 1.82. The number of hydrogen-bond acceptors (Lipinski definition) is 4. The molecule has 88 valence electrons. The molecule has 0 aliphatic rings. The normalized spacial score (nSPS) is 10.2. The van der Waals surface area contributed by atoms with Crippen molar-refractivity contribution in [1.29, 1.82) is 0 Å². The van der Waals surface area contributed by atoms with E-state index < -0.39 is 5.37 Å². The van der Waals surface area contributed by atoms with Gasteiger partial charge in [-0.05, 0) is 38.4 Å². The Balaban J connectivity index is 2.96. The third kappa shape index (κ3) is 3.43. The Labute approximate surface area is 99.4 Å². The number of carbonyl (C=O) groups excluding carboxylic acids is 1. The molecule has 16 heavy (non-hydrogen) atoms. The van der Waals surface area contributed by atoms with E-state index in [1.54, 1.807) is 0 Å². The third-order valence-electron chi connectivity index (χ3n) is 1.85. The minimum absolute atomic E-state index is 0.0573. The van der Waals surface area contributed by atoms with Crippen molar-refractivity contribution >= 4 is 22.9 Å². The van der Waals surface area contributed by atoms with Gasteiger partial charge in [-0.15, -0.1) is 0 Å². The van der Waals surface area contributed by atoms with E-state index in [-0.39, 0.29) is 12.7 Å². The second-order valence-electron chi connectivity index (χ2n) is 3.25. The molecule has 6 heteroatoms. The number of rotatable bonds is 4. The molecule has 0 spiro atoms. The maximum absolute atomic E-state index is 11.2. The molecule has 0 N–H and O–H groups in total. The van der Waals surface area contributed by atoms with Gasteiger partial charge in [0.1, 0.15) is 6.73 Å². The number of ether oxygens (including phenoxy) is 1. The molecule has 0 atom stereocenters. The maximum Gasteiger partial charge on any atom is 0.325 e. The van der Waals surface area contributed by atoms with E-state index in [9.17, 15) is 4.79 Å². The molecule has 0 unspecified atom stereocenters. The van der Waals surface area contributed by atoms with Crippen molar-refractivity contribution in [3.8, 4) is 0 Å². The van der Waals surface area contributed by atoms with Crippen molar-refractivity contribution in [3.05, 3.63) is 17.5 Å². The van der Waals surface area contributed by atoms with Gasteiger partial charge in [0.25, 0.3) is 0 Å². The van der Waals surface area contributed by atoms with Gasteiger partial charge in [-0.3, -0.25) is 4.79 Å². The predicted octanol–water partition coefficient (Wildman–Crippen LogP) is 2.25. The van der Waals surface area contributed by atoms with Gasteiger partial charge in [0.15, 0.2) is 0 Å². The summed E-state index contributed by atoms with van der Waals surface area (Å²) < 4.78 is 5.13. The van der Waals surface area contributed by atoms with Gasteiger partial charge < -0.3 is 4.74 Å². The lowest BCUT2D eigenvalue weighted by molar-refractivity contribution is 0.150. The number of amides is 1. The van der Waals surface area contributed by atoms with E-state index >= 15 is 0 Å². The summed E-state index contributed by atoms with van der Waals surface area (Å²) >= 11 is 5.45. The van der Waals surface area contributed by atoms with Gasteiger partial charge in [-0.1, -0.05) is 0 Å². The molecule has 0 radical (unpaired) electrons. The molecular weight excluding hydrogens is 230 g/mol. The second kappa shape index (κ2) is 5.77. The predicted molar refractivity (Wildman–Crippen MR) is 61.7 cm³/mol. The van der Waals surface area contributed by atoms with Gasteiger partial charge in [0, 0.05) is 18.0 Å². The maximum atomic E-state index is 11.2. The first-order valence-corrected chi connectivity index (χ1v) is 5.29. The van der Waals surface area contributed by atoms with Crippen LogP contribution in [0.15, 0.2) is 6.07 Å². The molecule has 0 aliphatic carbocycles. The van der Waals surface area contributed by atoms with Gasteiger partial charge in [-0.25, -0.2) is 14.9 Å². The Morgan fingerprint density at radius 2 is 2.00 bits per heavy atom. The molecule has 1 rings (SSSR count). The van der Waals surface area contributed by atoms with Crippen LogP contribution in [0.25, 0.3) is 0 Å². The molecule has 5 nitrogen and oxygen atoms in total. The first-order valence-electron chi connectivity index (χ1n) is 4.91. The zero-order chi connectivity index (χ0) is 12.1. The fourth-order valence-electron chi connectivity index (χ4n) is 1.20. The number of halogens is 1. The lowest BCUT2D eigenvalue weighted by Crippen LogP contribution is -2.30. The van der Waals surface area contributed by atoms with E-state index in [1.807, 2.05) is 26.8 Å². The zero-order valence-corrected chi connectivity index (χ0v) is 10.3. The van der Waals surface area contributed by atoms with Crippen molar-refractivity contribution < 1.29 is 9.53 Å². The summed E-state index contributed by atoms with van der Waals surface area (Å²) in [6.45, 7) is 6.04. The smallest absolute Gasteiger partial charge is 0.325 e. The highest BCUT2D eigenvalue weighted by molar-refractivity contribution is 6.66. The number of aryl methyl sites for hydroxylation is 2. The molecule has 1 aromatic rings. The molecule has 0 aromatic carbocycles. The van der Waals surface area contributed by atoms with Gasteiger partial charge >= 0.3 is 5.37 Å². The highest BCUT2D eigenvalue weighted by atomic mass is 35.5. The van der Waals surface area contributed by atoms with Crippen LogP contribution in [0.1, 0.15) is 18.3 Å². The van der Waals surface area contributed by atoms with Crippen molar-refractivity contribution in [2.75, 3.05) is 18.2 Å². The summed E-state index contributed by atoms with van der Waals surface area (Å²) in [6.07, 6.45) is 0. The number of hydrogen-bond donors (Lipinski definition) is 0. The summed E-state index contributed by atoms with van der Waals surface area (Å²) in [5, 5.41) is -0.654. The summed E-state index contributed by atoms with van der Waals surface area (Å²) in [5.41, 5.74) is 1.56. The van der Waals surface area contributed by atoms with Gasteiger partial charge in [0.2, 0.25) is 5.95 Å². The Hall–Kier alpha value is -1.20. The average Bonchev–Trinajstić information content (AvgIpc) is 2.16. The lowest BCUT2D eigenvalue weighted by Gasteiger charge is -2.17. The summed E-state index contributed by atoms with van der Waals surface area (Å²) in [7, 11) is 0. The van der Waals surface area contributed by atoms with Crippen LogP contribution < -0.4 is 4.90 Å². The quantitative estimate of drug-likeness (QED) is 0.462.